The molecule has 0 aliphatic heterocycles. The molecule has 0 aliphatic rings. The standard InChI is InChI=1S/C15H19N3O2/c1-4-12-8-13(18-17-12)16-14(19)9-20-15-10(2)6-5-7-11(15)3/h5-8H,4,9H2,1-3H3,(H2,16,17,18,19). The molecule has 0 saturated carbocycles. The van der Waals surface area contributed by atoms with Crippen molar-refractivity contribution >= 4 is 11.7 Å². The fourth-order valence-corrected chi connectivity index (χ4v) is 1.95. The molecule has 2 aromatic rings. The van der Waals surface area contributed by atoms with Crippen LogP contribution in [0.1, 0.15) is 23.7 Å². The van der Waals surface area contributed by atoms with Crippen LogP contribution in [0.5, 0.6) is 5.75 Å². The summed E-state index contributed by atoms with van der Waals surface area (Å²) in [6.07, 6.45) is 0.849. The van der Waals surface area contributed by atoms with Crippen molar-refractivity contribution in [1.82, 2.24) is 10.2 Å². The van der Waals surface area contributed by atoms with Crippen molar-refractivity contribution in [2.45, 2.75) is 27.2 Å². The highest BCUT2D eigenvalue weighted by atomic mass is 16.5. The van der Waals surface area contributed by atoms with E-state index < -0.39 is 0 Å². The number of aromatic amines is 1. The number of rotatable bonds is 5. The summed E-state index contributed by atoms with van der Waals surface area (Å²) in [5, 5.41) is 9.55. The van der Waals surface area contributed by atoms with E-state index in [0.29, 0.717) is 5.82 Å². The van der Waals surface area contributed by atoms with Crippen LogP contribution in [-0.2, 0) is 11.2 Å². The number of carbonyl (C=O) groups excluding carboxylic acids is 1. The van der Waals surface area contributed by atoms with Gasteiger partial charge in [0, 0.05) is 11.8 Å². The minimum Gasteiger partial charge on any atom is -0.483 e. The van der Waals surface area contributed by atoms with Gasteiger partial charge in [-0.1, -0.05) is 25.1 Å². The van der Waals surface area contributed by atoms with Gasteiger partial charge in [0.25, 0.3) is 5.91 Å². The Balaban J connectivity index is 1.92. The third-order valence-electron chi connectivity index (χ3n) is 3.04. The van der Waals surface area contributed by atoms with Crippen molar-refractivity contribution in [3.05, 3.63) is 41.1 Å². The molecule has 0 bridgehead atoms. The van der Waals surface area contributed by atoms with E-state index in [9.17, 15) is 4.79 Å². The molecule has 0 unspecified atom stereocenters. The summed E-state index contributed by atoms with van der Waals surface area (Å²) in [5.41, 5.74) is 3.02. The maximum Gasteiger partial charge on any atom is 0.263 e. The quantitative estimate of drug-likeness (QED) is 0.880. The van der Waals surface area contributed by atoms with Crippen LogP contribution in [0, 0.1) is 13.8 Å². The summed E-state index contributed by atoms with van der Waals surface area (Å²) >= 11 is 0. The average molecular weight is 273 g/mol. The van der Waals surface area contributed by atoms with E-state index in [1.165, 1.54) is 0 Å². The fraction of sp³-hybridized carbons (Fsp3) is 0.333. The lowest BCUT2D eigenvalue weighted by molar-refractivity contribution is -0.118. The first-order valence-electron chi connectivity index (χ1n) is 6.63. The van der Waals surface area contributed by atoms with Crippen LogP contribution in [0.2, 0.25) is 0 Å². The summed E-state index contributed by atoms with van der Waals surface area (Å²) in [7, 11) is 0. The van der Waals surface area contributed by atoms with Crippen LogP contribution in [0.4, 0.5) is 5.82 Å². The molecule has 0 saturated heterocycles. The van der Waals surface area contributed by atoms with Crippen LogP contribution in [0.3, 0.4) is 0 Å². The highest BCUT2D eigenvalue weighted by molar-refractivity contribution is 5.91. The monoisotopic (exact) mass is 273 g/mol. The molecule has 106 valence electrons. The molecule has 0 atom stereocenters. The lowest BCUT2D eigenvalue weighted by Gasteiger charge is -2.11. The SMILES string of the molecule is CCc1cc(NC(=O)COc2c(C)cccc2C)n[nH]1. The number of para-hydroxylation sites is 1. The van der Waals surface area contributed by atoms with Gasteiger partial charge in [-0.3, -0.25) is 9.89 Å². The topological polar surface area (TPSA) is 67.0 Å². The predicted octanol–water partition coefficient (Wildman–Crippen LogP) is 2.61. The first-order valence-corrected chi connectivity index (χ1v) is 6.63. The number of aromatic nitrogens is 2. The molecule has 5 heteroatoms. The number of hydrogen-bond acceptors (Lipinski definition) is 3. The fourth-order valence-electron chi connectivity index (χ4n) is 1.95. The van der Waals surface area contributed by atoms with Gasteiger partial charge in [-0.15, -0.1) is 0 Å². The molecule has 2 rings (SSSR count). The molecule has 2 N–H and O–H groups in total. The van der Waals surface area contributed by atoms with Crippen molar-refractivity contribution in [1.29, 1.82) is 0 Å². The minimum absolute atomic E-state index is 0.0278. The van der Waals surface area contributed by atoms with Gasteiger partial charge in [0.05, 0.1) is 0 Å². The first kappa shape index (κ1) is 14.1. The molecular weight excluding hydrogens is 254 g/mol. The van der Waals surface area contributed by atoms with Gasteiger partial charge in [-0.2, -0.15) is 5.10 Å². The van der Waals surface area contributed by atoms with Crippen LogP contribution >= 0.6 is 0 Å². The van der Waals surface area contributed by atoms with Crippen molar-refractivity contribution in [3.63, 3.8) is 0 Å². The maximum atomic E-state index is 11.8. The third kappa shape index (κ3) is 3.38. The third-order valence-corrected chi connectivity index (χ3v) is 3.04. The number of amides is 1. The average Bonchev–Trinajstić information content (AvgIpc) is 2.86. The number of aryl methyl sites for hydroxylation is 3. The molecule has 1 heterocycles. The van der Waals surface area contributed by atoms with E-state index in [2.05, 4.69) is 15.5 Å². The van der Waals surface area contributed by atoms with E-state index in [0.717, 1.165) is 29.0 Å². The van der Waals surface area contributed by atoms with Gasteiger partial charge in [-0.25, -0.2) is 0 Å². The van der Waals surface area contributed by atoms with Gasteiger partial charge in [0.2, 0.25) is 0 Å². The Hall–Kier alpha value is -2.30. The zero-order valence-electron chi connectivity index (χ0n) is 12.0. The van der Waals surface area contributed by atoms with Crippen LogP contribution in [0.15, 0.2) is 24.3 Å². The smallest absolute Gasteiger partial charge is 0.263 e. The van der Waals surface area contributed by atoms with Crippen molar-refractivity contribution in [2.75, 3.05) is 11.9 Å². The van der Waals surface area contributed by atoms with E-state index in [1.54, 1.807) is 0 Å². The van der Waals surface area contributed by atoms with Gasteiger partial charge in [0.1, 0.15) is 5.75 Å². The Morgan fingerprint density at radius 1 is 1.35 bits per heavy atom. The summed E-state index contributed by atoms with van der Waals surface area (Å²) < 4.78 is 5.58. The molecule has 1 amide bonds. The van der Waals surface area contributed by atoms with Gasteiger partial charge >= 0.3 is 0 Å². The molecule has 5 nitrogen and oxygen atoms in total. The summed E-state index contributed by atoms with van der Waals surface area (Å²) in [6, 6.07) is 7.70. The Morgan fingerprint density at radius 2 is 2.05 bits per heavy atom. The molecule has 0 aliphatic carbocycles. The molecular formula is C15H19N3O2. The Morgan fingerprint density at radius 3 is 2.65 bits per heavy atom. The summed E-state index contributed by atoms with van der Waals surface area (Å²) in [4.78, 5) is 11.8. The largest absolute Gasteiger partial charge is 0.483 e. The Bertz CT molecular complexity index is 585. The molecule has 1 aromatic heterocycles. The maximum absolute atomic E-state index is 11.8. The van der Waals surface area contributed by atoms with Crippen molar-refractivity contribution in [3.8, 4) is 5.75 Å². The molecule has 0 spiro atoms. The molecule has 0 radical (unpaired) electrons. The zero-order chi connectivity index (χ0) is 14.5. The van der Waals surface area contributed by atoms with E-state index in [-0.39, 0.29) is 12.5 Å². The number of carbonyl (C=O) groups is 1. The molecule has 0 fully saturated rings. The van der Waals surface area contributed by atoms with Gasteiger partial charge < -0.3 is 10.1 Å². The minimum atomic E-state index is -0.221. The Labute approximate surface area is 118 Å². The van der Waals surface area contributed by atoms with Crippen LogP contribution in [-0.4, -0.2) is 22.7 Å². The first-order chi connectivity index (χ1) is 9.60. The normalized spacial score (nSPS) is 10.3. The number of benzene rings is 1. The van der Waals surface area contributed by atoms with E-state index in [1.807, 2.05) is 45.0 Å². The predicted molar refractivity (Wildman–Crippen MR) is 78.0 cm³/mol. The lowest BCUT2D eigenvalue weighted by Crippen LogP contribution is -2.20. The number of anilines is 1. The van der Waals surface area contributed by atoms with Gasteiger partial charge in [-0.05, 0) is 31.4 Å². The van der Waals surface area contributed by atoms with Crippen molar-refractivity contribution < 1.29 is 9.53 Å². The number of nitrogens with one attached hydrogen (secondary N) is 2. The lowest BCUT2D eigenvalue weighted by atomic mass is 10.1. The molecule has 20 heavy (non-hydrogen) atoms. The summed E-state index contributed by atoms with van der Waals surface area (Å²) in [6.45, 7) is 5.91. The number of hydrogen-bond donors (Lipinski definition) is 2. The molecule has 1 aromatic carbocycles. The van der Waals surface area contributed by atoms with E-state index >= 15 is 0 Å². The highest BCUT2D eigenvalue weighted by Gasteiger charge is 2.09. The highest BCUT2D eigenvalue weighted by Crippen LogP contribution is 2.22. The Kier molecular flexibility index (Phi) is 4.40. The number of H-pyrrole nitrogens is 1. The number of ether oxygens (including phenoxy) is 1. The second-order valence-corrected chi connectivity index (χ2v) is 4.69. The van der Waals surface area contributed by atoms with Crippen LogP contribution < -0.4 is 10.1 Å². The zero-order valence-corrected chi connectivity index (χ0v) is 12.0. The van der Waals surface area contributed by atoms with Gasteiger partial charge in [0.15, 0.2) is 12.4 Å². The summed E-state index contributed by atoms with van der Waals surface area (Å²) in [5.74, 6) is 1.07. The van der Waals surface area contributed by atoms with Crippen LogP contribution in [0.25, 0.3) is 0 Å². The number of nitrogens with zero attached hydrogens (tertiary/aromatic N) is 1. The second kappa shape index (κ2) is 6.23. The van der Waals surface area contributed by atoms with E-state index in [4.69, 9.17) is 4.74 Å². The second-order valence-electron chi connectivity index (χ2n) is 4.69. The van der Waals surface area contributed by atoms with Crippen molar-refractivity contribution in [2.24, 2.45) is 0 Å².